The van der Waals surface area contributed by atoms with E-state index in [0.717, 1.165) is 37.3 Å². The lowest BCUT2D eigenvalue weighted by atomic mass is 10.1. The highest BCUT2D eigenvalue weighted by Crippen LogP contribution is 2.32. The molecule has 0 amide bonds. The highest BCUT2D eigenvalue weighted by molar-refractivity contribution is 9.08. The lowest BCUT2D eigenvalue weighted by molar-refractivity contribution is -0.384. The van der Waals surface area contributed by atoms with Crippen LogP contribution < -0.4 is 4.90 Å². The SMILES string of the molecule is CC1CN(C)CCCN1c1ccc(CBr)cc1[N+](=O)[O-]. The van der Waals surface area contributed by atoms with Gasteiger partial charge in [0.1, 0.15) is 5.69 Å². The van der Waals surface area contributed by atoms with Crippen LogP contribution in [-0.4, -0.2) is 42.5 Å². The number of benzene rings is 1. The van der Waals surface area contributed by atoms with Crippen LogP contribution in [0, 0.1) is 10.1 Å². The van der Waals surface area contributed by atoms with Gasteiger partial charge in [-0.25, -0.2) is 0 Å². The highest BCUT2D eigenvalue weighted by atomic mass is 79.9. The van der Waals surface area contributed by atoms with Crippen molar-refractivity contribution in [1.82, 2.24) is 4.90 Å². The van der Waals surface area contributed by atoms with Gasteiger partial charge in [-0.15, -0.1) is 0 Å². The number of halogens is 1. The van der Waals surface area contributed by atoms with Crippen molar-refractivity contribution in [2.45, 2.75) is 24.7 Å². The second-order valence-corrected chi connectivity index (χ2v) is 5.93. The van der Waals surface area contributed by atoms with Crippen molar-refractivity contribution in [3.05, 3.63) is 33.9 Å². The first-order chi connectivity index (χ1) is 9.52. The minimum absolute atomic E-state index is 0.207. The standard InChI is InChI=1S/C14H20BrN3O2/c1-11-10-16(2)6-3-7-17(11)13-5-4-12(9-15)8-14(13)18(19)20/h4-5,8,11H,3,6-7,9-10H2,1-2H3. The van der Waals surface area contributed by atoms with Gasteiger partial charge in [0.15, 0.2) is 0 Å². The fourth-order valence-corrected chi connectivity index (χ4v) is 3.12. The number of nitrogens with zero attached hydrogens (tertiary/aromatic N) is 3. The normalized spacial score (nSPS) is 20.8. The van der Waals surface area contributed by atoms with Gasteiger partial charge in [-0.2, -0.15) is 0 Å². The van der Waals surface area contributed by atoms with Gasteiger partial charge in [-0.05, 0) is 38.6 Å². The van der Waals surface area contributed by atoms with E-state index in [9.17, 15) is 10.1 Å². The molecule has 0 aliphatic carbocycles. The van der Waals surface area contributed by atoms with Crippen molar-refractivity contribution >= 4 is 27.3 Å². The Labute approximate surface area is 127 Å². The summed E-state index contributed by atoms with van der Waals surface area (Å²) in [5, 5.41) is 12.0. The molecule has 1 aliphatic rings. The summed E-state index contributed by atoms with van der Waals surface area (Å²) in [6.07, 6.45) is 1.03. The molecular weight excluding hydrogens is 322 g/mol. The molecule has 1 aromatic carbocycles. The molecule has 2 rings (SSSR count). The van der Waals surface area contributed by atoms with Gasteiger partial charge in [-0.3, -0.25) is 10.1 Å². The van der Waals surface area contributed by atoms with Gasteiger partial charge in [0.2, 0.25) is 0 Å². The van der Waals surface area contributed by atoms with Crippen molar-refractivity contribution in [3.63, 3.8) is 0 Å². The number of nitro benzene ring substituents is 1. The number of anilines is 1. The Balaban J connectivity index is 2.37. The average molecular weight is 342 g/mol. The van der Waals surface area contributed by atoms with Gasteiger partial charge in [0.05, 0.1) is 4.92 Å². The summed E-state index contributed by atoms with van der Waals surface area (Å²) >= 11 is 3.35. The monoisotopic (exact) mass is 341 g/mol. The van der Waals surface area contributed by atoms with E-state index >= 15 is 0 Å². The smallest absolute Gasteiger partial charge is 0.292 e. The summed E-state index contributed by atoms with van der Waals surface area (Å²) < 4.78 is 0. The third-order valence-electron chi connectivity index (χ3n) is 3.75. The zero-order valence-corrected chi connectivity index (χ0v) is 13.5. The topological polar surface area (TPSA) is 49.6 Å². The van der Waals surface area contributed by atoms with Crippen LogP contribution in [-0.2, 0) is 5.33 Å². The van der Waals surface area contributed by atoms with Crippen molar-refractivity contribution in [1.29, 1.82) is 0 Å². The van der Waals surface area contributed by atoms with E-state index < -0.39 is 0 Å². The molecule has 0 aromatic heterocycles. The Kier molecular flexibility index (Phi) is 4.99. The predicted octanol–water partition coefficient (Wildman–Crippen LogP) is 3.02. The number of nitro groups is 1. The minimum Gasteiger partial charge on any atom is -0.362 e. The predicted molar refractivity (Wildman–Crippen MR) is 84.6 cm³/mol. The molecule has 0 saturated carbocycles. The number of rotatable bonds is 3. The van der Waals surface area contributed by atoms with Crippen molar-refractivity contribution in [2.24, 2.45) is 0 Å². The maximum atomic E-state index is 11.3. The van der Waals surface area contributed by atoms with Crippen LogP contribution in [0.5, 0.6) is 0 Å². The molecule has 6 heteroatoms. The zero-order valence-electron chi connectivity index (χ0n) is 11.9. The van der Waals surface area contributed by atoms with E-state index in [1.54, 1.807) is 6.07 Å². The zero-order chi connectivity index (χ0) is 14.7. The van der Waals surface area contributed by atoms with Gasteiger partial charge in [0.25, 0.3) is 5.69 Å². The summed E-state index contributed by atoms with van der Waals surface area (Å²) in [7, 11) is 2.10. The molecule has 1 fully saturated rings. The Morgan fingerprint density at radius 1 is 1.45 bits per heavy atom. The first-order valence-corrected chi connectivity index (χ1v) is 7.93. The third kappa shape index (κ3) is 3.30. The molecule has 1 aromatic rings. The highest BCUT2D eigenvalue weighted by Gasteiger charge is 2.26. The first kappa shape index (κ1) is 15.3. The molecule has 110 valence electrons. The number of hydrogen-bond donors (Lipinski definition) is 0. The maximum absolute atomic E-state index is 11.3. The molecule has 1 unspecified atom stereocenters. The van der Waals surface area contributed by atoms with Crippen LogP contribution in [0.4, 0.5) is 11.4 Å². The van der Waals surface area contributed by atoms with E-state index in [0.29, 0.717) is 5.33 Å². The van der Waals surface area contributed by atoms with Gasteiger partial charge >= 0.3 is 0 Å². The van der Waals surface area contributed by atoms with Crippen LogP contribution in [0.1, 0.15) is 18.9 Å². The third-order valence-corrected chi connectivity index (χ3v) is 4.39. The molecule has 1 aliphatic heterocycles. The van der Waals surface area contributed by atoms with Crippen LogP contribution in [0.25, 0.3) is 0 Å². The summed E-state index contributed by atoms with van der Waals surface area (Å²) in [6, 6.07) is 5.79. The van der Waals surface area contributed by atoms with Crippen molar-refractivity contribution < 1.29 is 4.92 Å². The lowest BCUT2D eigenvalue weighted by Gasteiger charge is -2.29. The Hall–Kier alpha value is -1.14. The van der Waals surface area contributed by atoms with Gasteiger partial charge in [-0.1, -0.05) is 22.0 Å². The van der Waals surface area contributed by atoms with E-state index in [1.165, 1.54) is 0 Å². The lowest BCUT2D eigenvalue weighted by Crippen LogP contribution is -2.38. The van der Waals surface area contributed by atoms with E-state index in [2.05, 4.69) is 39.7 Å². The Morgan fingerprint density at radius 2 is 2.20 bits per heavy atom. The second-order valence-electron chi connectivity index (χ2n) is 5.37. The van der Waals surface area contributed by atoms with Crippen molar-refractivity contribution in [2.75, 3.05) is 31.6 Å². The van der Waals surface area contributed by atoms with Crippen LogP contribution in [0.3, 0.4) is 0 Å². The van der Waals surface area contributed by atoms with Gasteiger partial charge < -0.3 is 9.80 Å². The quantitative estimate of drug-likeness (QED) is 0.481. The molecule has 0 N–H and O–H groups in total. The molecule has 5 nitrogen and oxygen atoms in total. The molecule has 1 saturated heterocycles. The largest absolute Gasteiger partial charge is 0.362 e. The molecule has 0 bridgehead atoms. The summed E-state index contributed by atoms with van der Waals surface area (Å²) in [5.41, 5.74) is 1.88. The molecular formula is C14H20BrN3O2. The summed E-state index contributed by atoms with van der Waals surface area (Å²) in [4.78, 5) is 15.5. The number of likely N-dealkylation sites (N-methyl/N-ethyl adjacent to an activating group) is 1. The molecule has 0 spiro atoms. The molecule has 0 radical (unpaired) electrons. The fraction of sp³-hybridized carbons (Fsp3) is 0.571. The van der Waals surface area contributed by atoms with E-state index in [4.69, 9.17) is 0 Å². The van der Waals surface area contributed by atoms with Crippen LogP contribution in [0.15, 0.2) is 18.2 Å². The number of alkyl halides is 1. The molecule has 1 atom stereocenters. The summed E-state index contributed by atoms with van der Waals surface area (Å²) in [5.74, 6) is 0. The second kappa shape index (κ2) is 6.54. The maximum Gasteiger partial charge on any atom is 0.292 e. The molecule has 20 heavy (non-hydrogen) atoms. The van der Waals surface area contributed by atoms with E-state index in [-0.39, 0.29) is 16.7 Å². The van der Waals surface area contributed by atoms with Crippen LogP contribution >= 0.6 is 15.9 Å². The first-order valence-electron chi connectivity index (χ1n) is 6.81. The molecule has 1 heterocycles. The van der Waals surface area contributed by atoms with Crippen LogP contribution in [0.2, 0.25) is 0 Å². The Morgan fingerprint density at radius 3 is 2.85 bits per heavy atom. The number of hydrogen-bond acceptors (Lipinski definition) is 4. The Bertz CT molecular complexity index is 495. The van der Waals surface area contributed by atoms with E-state index in [1.807, 2.05) is 12.1 Å². The van der Waals surface area contributed by atoms with Crippen molar-refractivity contribution in [3.8, 4) is 0 Å². The van der Waals surface area contributed by atoms with Gasteiger partial charge in [0, 0.05) is 30.5 Å². The minimum atomic E-state index is -0.275. The average Bonchev–Trinajstić information content (AvgIpc) is 2.58. The fourth-order valence-electron chi connectivity index (χ4n) is 2.77. The summed E-state index contributed by atoms with van der Waals surface area (Å²) in [6.45, 7) is 4.95.